The Bertz CT molecular complexity index is 1110. The molecule has 5 rings (SSSR count). The number of fused-ring (bicyclic) bond motifs is 4. The normalized spacial score (nSPS) is 12.3. The number of halogens is 2. The van der Waals surface area contributed by atoms with Crippen LogP contribution in [0.3, 0.4) is 0 Å². The monoisotopic (exact) mass is 472 g/mol. The van der Waals surface area contributed by atoms with Gasteiger partial charge in [-0.2, -0.15) is 0 Å². The quantitative estimate of drug-likeness (QED) is 0.272. The van der Waals surface area contributed by atoms with E-state index < -0.39 is 0 Å². The fourth-order valence-electron chi connectivity index (χ4n) is 3.89. The molecule has 0 saturated heterocycles. The van der Waals surface area contributed by atoms with Crippen molar-refractivity contribution in [2.24, 2.45) is 0 Å². The summed E-state index contributed by atoms with van der Waals surface area (Å²) in [5, 5.41) is 2.73. The minimum Gasteiger partial charge on any atom is -0.242 e. The highest BCUT2D eigenvalue weighted by atomic mass is 79.9. The van der Waals surface area contributed by atoms with Gasteiger partial charge in [0, 0.05) is 16.5 Å². The number of hydrogen-bond acceptors (Lipinski definition) is 3. The van der Waals surface area contributed by atoms with Crippen LogP contribution in [0, 0.1) is 0 Å². The molecular weight excluding hydrogens is 460 g/mol. The molecule has 5 heteroatoms. The highest BCUT2D eigenvalue weighted by Gasteiger charge is 2.28. The number of benzene rings is 2. The van der Waals surface area contributed by atoms with Crippen molar-refractivity contribution in [3.05, 3.63) is 43.0 Å². The predicted molar refractivity (Wildman–Crippen MR) is 114 cm³/mol. The molecule has 0 unspecified atom stereocenters. The molecule has 0 bridgehead atoms. The summed E-state index contributed by atoms with van der Waals surface area (Å²) in [4.78, 5) is 10.00. The average Bonchev–Trinajstić information content (AvgIpc) is 3.10. The van der Waals surface area contributed by atoms with E-state index in [1.807, 2.05) is 0 Å². The lowest BCUT2D eigenvalue weighted by Crippen LogP contribution is -1.91. The van der Waals surface area contributed by atoms with Crippen LogP contribution in [0.1, 0.15) is 25.0 Å². The number of thiophene rings is 1. The minimum absolute atomic E-state index is 0.937. The molecule has 0 spiro atoms. The third-order valence-electron chi connectivity index (χ3n) is 5.05. The van der Waals surface area contributed by atoms with Crippen LogP contribution >= 0.6 is 43.2 Å². The first kappa shape index (κ1) is 15.9. The largest absolute Gasteiger partial charge is 0.242 e. The lowest BCUT2D eigenvalue weighted by atomic mass is 9.93. The summed E-state index contributed by atoms with van der Waals surface area (Å²) in [5.41, 5.74) is 9.15. The second-order valence-electron chi connectivity index (χ2n) is 6.27. The van der Waals surface area contributed by atoms with E-state index >= 15 is 0 Å². The molecule has 0 saturated carbocycles. The van der Waals surface area contributed by atoms with Gasteiger partial charge in [-0.05, 0) is 61.2 Å². The summed E-state index contributed by atoms with van der Waals surface area (Å²) in [5.74, 6) is 0. The molecule has 2 aromatic heterocycles. The van der Waals surface area contributed by atoms with Gasteiger partial charge in [0.15, 0.2) is 0 Å². The van der Waals surface area contributed by atoms with Crippen molar-refractivity contribution in [3.8, 4) is 22.5 Å². The molecule has 1 aliphatic rings. The highest BCUT2D eigenvalue weighted by molar-refractivity contribution is 9.12. The van der Waals surface area contributed by atoms with Crippen molar-refractivity contribution in [2.45, 2.75) is 26.7 Å². The molecule has 0 amide bonds. The fourth-order valence-corrected chi connectivity index (χ4v) is 6.70. The number of rotatable bonds is 2. The van der Waals surface area contributed by atoms with E-state index in [1.54, 1.807) is 11.3 Å². The van der Waals surface area contributed by atoms with Gasteiger partial charge in [-0.3, -0.25) is 0 Å². The maximum absolute atomic E-state index is 5.00. The minimum atomic E-state index is 0.937. The topological polar surface area (TPSA) is 25.8 Å². The Labute approximate surface area is 166 Å². The molecule has 4 aromatic rings. The Morgan fingerprint density at radius 2 is 1.24 bits per heavy atom. The van der Waals surface area contributed by atoms with Crippen LogP contribution < -0.4 is 0 Å². The van der Waals surface area contributed by atoms with E-state index in [-0.39, 0.29) is 0 Å². The van der Waals surface area contributed by atoms with Gasteiger partial charge in [-0.15, -0.1) is 11.3 Å². The SMILES string of the molecule is CCc1ccc2c3c(ccc(CC)c13)-c1nc3c(Br)sc(Br)c3nc1-2. The van der Waals surface area contributed by atoms with Gasteiger partial charge in [-0.25, -0.2) is 9.97 Å². The smallest absolute Gasteiger partial charge is 0.116 e. The summed E-state index contributed by atoms with van der Waals surface area (Å²) in [6.45, 7) is 4.46. The standard InChI is InChI=1S/C20H14Br2N2S/c1-3-9-5-7-11-14-12(8-6-10(4-2)13(9)14)16-15(11)23-17-18(24-16)20(22)25-19(17)21/h5-8H,3-4H2,1-2H3. The van der Waals surface area contributed by atoms with Crippen LogP contribution in [0.5, 0.6) is 0 Å². The van der Waals surface area contributed by atoms with Crippen LogP contribution in [-0.2, 0) is 12.8 Å². The first-order valence-corrected chi connectivity index (χ1v) is 10.8. The van der Waals surface area contributed by atoms with Crippen LogP contribution in [0.4, 0.5) is 0 Å². The molecule has 2 aromatic carbocycles. The summed E-state index contributed by atoms with van der Waals surface area (Å²) in [7, 11) is 0. The summed E-state index contributed by atoms with van der Waals surface area (Å²) < 4.78 is 2.05. The number of aromatic nitrogens is 2. The lowest BCUT2D eigenvalue weighted by molar-refractivity contribution is 1.12. The maximum Gasteiger partial charge on any atom is 0.116 e. The van der Waals surface area contributed by atoms with Crippen molar-refractivity contribution in [3.63, 3.8) is 0 Å². The first-order valence-electron chi connectivity index (χ1n) is 8.37. The Morgan fingerprint density at radius 3 is 1.68 bits per heavy atom. The predicted octanol–water partition coefficient (Wildman–Crippen LogP) is 7.14. The molecule has 124 valence electrons. The van der Waals surface area contributed by atoms with Gasteiger partial charge in [0.1, 0.15) is 11.0 Å². The molecule has 0 aliphatic heterocycles. The van der Waals surface area contributed by atoms with Gasteiger partial charge >= 0.3 is 0 Å². The van der Waals surface area contributed by atoms with E-state index in [0.717, 1.165) is 42.8 Å². The molecule has 2 nitrogen and oxygen atoms in total. The Morgan fingerprint density at radius 1 is 0.760 bits per heavy atom. The molecule has 1 aliphatic carbocycles. The molecule has 0 fully saturated rings. The molecule has 2 heterocycles. The van der Waals surface area contributed by atoms with E-state index in [9.17, 15) is 0 Å². The van der Waals surface area contributed by atoms with Crippen molar-refractivity contribution in [1.82, 2.24) is 9.97 Å². The summed E-state index contributed by atoms with van der Waals surface area (Å²) in [6, 6.07) is 8.98. The molecule has 0 radical (unpaired) electrons. The van der Waals surface area contributed by atoms with Gasteiger partial charge in [-0.1, -0.05) is 38.1 Å². The fraction of sp³-hybridized carbons (Fsp3) is 0.200. The number of aryl methyl sites for hydroxylation is 2. The Kier molecular flexibility index (Phi) is 3.56. The third kappa shape index (κ3) is 2.06. The van der Waals surface area contributed by atoms with Crippen LogP contribution in [0.15, 0.2) is 31.8 Å². The average molecular weight is 474 g/mol. The third-order valence-corrected chi connectivity index (χ3v) is 7.52. The lowest BCUT2D eigenvalue weighted by Gasteiger charge is -2.11. The second kappa shape index (κ2) is 5.60. The Balaban J connectivity index is 1.96. The van der Waals surface area contributed by atoms with Crippen LogP contribution in [0.25, 0.3) is 44.3 Å². The van der Waals surface area contributed by atoms with Gasteiger partial charge in [0.2, 0.25) is 0 Å². The summed E-state index contributed by atoms with van der Waals surface area (Å²) in [6.07, 6.45) is 2.08. The first-order chi connectivity index (χ1) is 12.1. The molecule has 0 atom stereocenters. The van der Waals surface area contributed by atoms with E-state index in [0.29, 0.717) is 0 Å². The van der Waals surface area contributed by atoms with Crippen molar-refractivity contribution >= 4 is 65.0 Å². The van der Waals surface area contributed by atoms with E-state index in [2.05, 4.69) is 70.0 Å². The van der Waals surface area contributed by atoms with Crippen molar-refractivity contribution < 1.29 is 0 Å². The van der Waals surface area contributed by atoms with Gasteiger partial charge in [0.25, 0.3) is 0 Å². The van der Waals surface area contributed by atoms with E-state index in [4.69, 9.17) is 9.97 Å². The molecule has 25 heavy (non-hydrogen) atoms. The molecule has 0 N–H and O–H groups in total. The van der Waals surface area contributed by atoms with Crippen molar-refractivity contribution in [2.75, 3.05) is 0 Å². The van der Waals surface area contributed by atoms with Gasteiger partial charge in [0.05, 0.1) is 19.0 Å². The molecular formula is C20H14Br2N2S. The second-order valence-corrected chi connectivity index (χ2v) is 9.93. The van der Waals surface area contributed by atoms with Crippen LogP contribution in [0.2, 0.25) is 0 Å². The number of nitrogens with zero attached hydrogens (tertiary/aromatic N) is 2. The summed E-state index contributed by atoms with van der Waals surface area (Å²) >= 11 is 8.89. The van der Waals surface area contributed by atoms with Crippen LogP contribution in [-0.4, -0.2) is 9.97 Å². The zero-order chi connectivity index (χ0) is 17.3. The Hall–Kier alpha value is -1.30. The van der Waals surface area contributed by atoms with E-state index in [1.165, 1.54) is 33.0 Å². The maximum atomic E-state index is 5.00. The zero-order valence-electron chi connectivity index (χ0n) is 13.8. The highest BCUT2D eigenvalue weighted by Crippen LogP contribution is 2.49. The number of hydrogen-bond donors (Lipinski definition) is 0. The van der Waals surface area contributed by atoms with Gasteiger partial charge < -0.3 is 0 Å². The zero-order valence-corrected chi connectivity index (χ0v) is 17.8. The van der Waals surface area contributed by atoms with Crippen molar-refractivity contribution in [1.29, 1.82) is 0 Å².